The van der Waals surface area contributed by atoms with Gasteiger partial charge in [0.2, 0.25) is 0 Å². The van der Waals surface area contributed by atoms with Crippen LogP contribution in [-0.2, 0) is 4.79 Å². The largest absolute Gasteiger partial charge is 0.493 e. The molecule has 0 unspecified atom stereocenters. The standard InChI is InChI=1S/C12H12N2O3/c13-5-1-2-6-16-9-3-4-11-10(7-9)14-12(15)8-17-11/h3-4,7H,1-2,6,8H2,(H,14,15). The van der Waals surface area contributed by atoms with Crippen molar-refractivity contribution < 1.29 is 14.3 Å². The molecule has 1 heterocycles. The Morgan fingerprint density at radius 3 is 3.24 bits per heavy atom. The molecule has 1 aromatic carbocycles. The van der Waals surface area contributed by atoms with Crippen molar-refractivity contribution in [1.82, 2.24) is 0 Å². The number of amides is 1. The normalized spacial score (nSPS) is 13.0. The topological polar surface area (TPSA) is 71.3 Å². The average Bonchev–Trinajstić information content (AvgIpc) is 2.34. The van der Waals surface area contributed by atoms with Crippen molar-refractivity contribution in [2.75, 3.05) is 18.5 Å². The quantitative estimate of drug-likeness (QED) is 0.802. The average molecular weight is 232 g/mol. The van der Waals surface area contributed by atoms with Crippen LogP contribution in [0.3, 0.4) is 0 Å². The minimum absolute atomic E-state index is 0.0510. The van der Waals surface area contributed by atoms with Crippen LogP contribution in [0.1, 0.15) is 12.8 Å². The van der Waals surface area contributed by atoms with Gasteiger partial charge in [-0.05, 0) is 18.6 Å². The van der Waals surface area contributed by atoms with Crippen LogP contribution in [0, 0.1) is 11.3 Å². The fourth-order valence-electron chi connectivity index (χ4n) is 1.49. The lowest BCUT2D eigenvalue weighted by molar-refractivity contribution is -0.118. The van der Waals surface area contributed by atoms with Gasteiger partial charge in [0, 0.05) is 12.5 Å². The molecule has 5 nitrogen and oxygen atoms in total. The summed E-state index contributed by atoms with van der Waals surface area (Å²) in [6.07, 6.45) is 1.17. The zero-order valence-corrected chi connectivity index (χ0v) is 9.23. The van der Waals surface area contributed by atoms with Crippen molar-refractivity contribution in [2.45, 2.75) is 12.8 Å². The number of nitriles is 1. The second kappa shape index (κ2) is 5.21. The molecular formula is C12H12N2O3. The minimum atomic E-state index is -0.167. The van der Waals surface area contributed by atoms with Gasteiger partial charge < -0.3 is 14.8 Å². The van der Waals surface area contributed by atoms with E-state index in [2.05, 4.69) is 11.4 Å². The SMILES string of the molecule is N#CCCCOc1ccc2c(c1)NC(=O)CO2. The molecule has 0 fully saturated rings. The first-order chi connectivity index (χ1) is 8.29. The lowest BCUT2D eigenvalue weighted by Gasteiger charge is -2.18. The highest BCUT2D eigenvalue weighted by Gasteiger charge is 2.15. The minimum Gasteiger partial charge on any atom is -0.493 e. The number of anilines is 1. The van der Waals surface area contributed by atoms with E-state index in [9.17, 15) is 4.79 Å². The molecule has 1 amide bonds. The molecule has 0 saturated heterocycles. The Morgan fingerprint density at radius 1 is 1.53 bits per heavy atom. The van der Waals surface area contributed by atoms with Crippen LogP contribution in [0.5, 0.6) is 11.5 Å². The van der Waals surface area contributed by atoms with Gasteiger partial charge in [0.15, 0.2) is 6.61 Å². The molecule has 1 aromatic rings. The number of carbonyl (C=O) groups is 1. The molecule has 0 atom stereocenters. The van der Waals surface area contributed by atoms with E-state index in [1.165, 1.54) is 0 Å². The molecule has 88 valence electrons. The van der Waals surface area contributed by atoms with Gasteiger partial charge in [0.05, 0.1) is 18.4 Å². The first kappa shape index (κ1) is 11.3. The van der Waals surface area contributed by atoms with E-state index in [1.54, 1.807) is 18.2 Å². The lowest BCUT2D eigenvalue weighted by atomic mass is 10.2. The van der Waals surface area contributed by atoms with Gasteiger partial charge in [-0.3, -0.25) is 4.79 Å². The third-order valence-electron chi connectivity index (χ3n) is 2.29. The van der Waals surface area contributed by atoms with E-state index >= 15 is 0 Å². The maximum absolute atomic E-state index is 11.1. The van der Waals surface area contributed by atoms with Crippen molar-refractivity contribution in [2.24, 2.45) is 0 Å². The van der Waals surface area contributed by atoms with Crippen LogP contribution in [0.25, 0.3) is 0 Å². The maximum atomic E-state index is 11.1. The molecule has 0 radical (unpaired) electrons. The van der Waals surface area contributed by atoms with Crippen molar-refractivity contribution in [3.8, 4) is 17.6 Å². The monoisotopic (exact) mass is 232 g/mol. The molecule has 0 bridgehead atoms. The number of carbonyl (C=O) groups excluding carboxylic acids is 1. The highest BCUT2D eigenvalue weighted by Crippen LogP contribution is 2.31. The molecule has 1 aliphatic rings. The summed E-state index contributed by atoms with van der Waals surface area (Å²) in [5.41, 5.74) is 0.624. The molecule has 17 heavy (non-hydrogen) atoms. The number of fused-ring (bicyclic) bond motifs is 1. The number of unbranched alkanes of at least 4 members (excludes halogenated alkanes) is 1. The number of benzene rings is 1. The van der Waals surface area contributed by atoms with Crippen molar-refractivity contribution in [1.29, 1.82) is 5.26 Å². The Hall–Kier alpha value is -2.22. The van der Waals surface area contributed by atoms with E-state index in [-0.39, 0.29) is 12.5 Å². The number of hydrogen-bond donors (Lipinski definition) is 1. The molecule has 1 aliphatic heterocycles. The summed E-state index contributed by atoms with van der Waals surface area (Å²) >= 11 is 0. The number of nitrogens with zero attached hydrogens (tertiary/aromatic N) is 1. The third-order valence-corrected chi connectivity index (χ3v) is 2.29. The second-order valence-corrected chi connectivity index (χ2v) is 3.60. The Kier molecular flexibility index (Phi) is 3.46. The fourth-order valence-corrected chi connectivity index (χ4v) is 1.49. The number of hydrogen-bond acceptors (Lipinski definition) is 4. The van der Waals surface area contributed by atoms with Crippen LogP contribution in [0.2, 0.25) is 0 Å². The second-order valence-electron chi connectivity index (χ2n) is 3.60. The molecule has 0 aromatic heterocycles. The summed E-state index contributed by atoms with van der Waals surface area (Å²) in [6.45, 7) is 0.538. The Balaban J connectivity index is 1.98. The van der Waals surface area contributed by atoms with Crippen molar-refractivity contribution >= 4 is 11.6 Å². The number of ether oxygens (including phenoxy) is 2. The summed E-state index contributed by atoms with van der Waals surface area (Å²) in [7, 11) is 0. The maximum Gasteiger partial charge on any atom is 0.262 e. The smallest absolute Gasteiger partial charge is 0.262 e. The summed E-state index contributed by atoms with van der Waals surface area (Å²) < 4.78 is 10.7. The van der Waals surface area contributed by atoms with E-state index in [0.717, 1.165) is 0 Å². The fraction of sp³-hybridized carbons (Fsp3) is 0.333. The van der Waals surface area contributed by atoms with E-state index in [0.29, 0.717) is 36.6 Å². The number of rotatable bonds is 4. The molecule has 1 N–H and O–H groups in total. The Labute approximate surface area is 98.9 Å². The van der Waals surface area contributed by atoms with Crippen LogP contribution in [0.15, 0.2) is 18.2 Å². The molecule has 2 rings (SSSR count). The Bertz CT molecular complexity index is 465. The van der Waals surface area contributed by atoms with Gasteiger partial charge in [-0.1, -0.05) is 0 Å². The molecule has 0 saturated carbocycles. The molecule has 5 heteroatoms. The van der Waals surface area contributed by atoms with Crippen LogP contribution in [0.4, 0.5) is 5.69 Å². The van der Waals surface area contributed by atoms with Gasteiger partial charge in [-0.15, -0.1) is 0 Å². The predicted octanol–water partition coefficient (Wildman–Crippen LogP) is 1.70. The van der Waals surface area contributed by atoms with Crippen LogP contribution >= 0.6 is 0 Å². The van der Waals surface area contributed by atoms with E-state index < -0.39 is 0 Å². The van der Waals surface area contributed by atoms with Gasteiger partial charge in [-0.25, -0.2) is 0 Å². The number of nitrogens with one attached hydrogen (secondary N) is 1. The summed E-state index contributed by atoms with van der Waals surface area (Å²) in [5, 5.41) is 11.1. The summed E-state index contributed by atoms with van der Waals surface area (Å²) in [6, 6.07) is 7.31. The van der Waals surface area contributed by atoms with E-state index in [4.69, 9.17) is 14.7 Å². The van der Waals surface area contributed by atoms with Gasteiger partial charge in [0.1, 0.15) is 11.5 Å². The van der Waals surface area contributed by atoms with Gasteiger partial charge >= 0.3 is 0 Å². The van der Waals surface area contributed by atoms with Crippen LogP contribution in [-0.4, -0.2) is 19.1 Å². The molecular weight excluding hydrogens is 220 g/mol. The van der Waals surface area contributed by atoms with E-state index in [1.807, 2.05) is 0 Å². The first-order valence-corrected chi connectivity index (χ1v) is 5.36. The highest BCUT2D eigenvalue weighted by atomic mass is 16.5. The highest BCUT2D eigenvalue weighted by molar-refractivity contribution is 5.95. The first-order valence-electron chi connectivity index (χ1n) is 5.36. The zero-order chi connectivity index (χ0) is 12.1. The van der Waals surface area contributed by atoms with Gasteiger partial charge in [-0.2, -0.15) is 5.26 Å². The molecule has 0 spiro atoms. The Morgan fingerprint density at radius 2 is 2.41 bits per heavy atom. The molecule has 0 aliphatic carbocycles. The summed E-state index contributed by atoms with van der Waals surface area (Å²) in [5.74, 6) is 1.14. The van der Waals surface area contributed by atoms with Crippen molar-refractivity contribution in [3.63, 3.8) is 0 Å². The summed E-state index contributed by atoms with van der Waals surface area (Å²) in [4.78, 5) is 11.1. The van der Waals surface area contributed by atoms with Gasteiger partial charge in [0.25, 0.3) is 5.91 Å². The third kappa shape index (κ3) is 2.88. The predicted molar refractivity (Wildman–Crippen MR) is 60.9 cm³/mol. The van der Waals surface area contributed by atoms with Crippen LogP contribution < -0.4 is 14.8 Å². The lowest BCUT2D eigenvalue weighted by Crippen LogP contribution is -2.25. The van der Waals surface area contributed by atoms with Crippen molar-refractivity contribution in [3.05, 3.63) is 18.2 Å². The zero-order valence-electron chi connectivity index (χ0n) is 9.23.